The minimum atomic E-state index is -0.769. The number of likely N-dealkylation sites (tertiary alicyclic amines) is 1. The van der Waals surface area contributed by atoms with Crippen LogP contribution >= 0.6 is 11.6 Å². The number of ether oxygens (including phenoxy) is 1. The third kappa shape index (κ3) is 2.74. The summed E-state index contributed by atoms with van der Waals surface area (Å²) in [5, 5.41) is 0.499. The summed E-state index contributed by atoms with van der Waals surface area (Å²) in [5.41, 5.74) is 0.368. The van der Waals surface area contributed by atoms with Gasteiger partial charge in [0.05, 0.1) is 11.8 Å². The quantitative estimate of drug-likeness (QED) is 0.340. The number of rotatable bonds is 5. The lowest BCUT2D eigenvalue weighted by molar-refractivity contribution is -0.152. The first-order valence-corrected chi connectivity index (χ1v) is 8.81. The van der Waals surface area contributed by atoms with Crippen LogP contribution in [-0.2, 0) is 19.1 Å². The van der Waals surface area contributed by atoms with Gasteiger partial charge in [0.25, 0.3) is 0 Å². The fourth-order valence-corrected chi connectivity index (χ4v) is 4.29. The second-order valence-corrected chi connectivity index (χ2v) is 7.29. The van der Waals surface area contributed by atoms with Crippen molar-refractivity contribution in [2.24, 2.45) is 23.7 Å². The molecule has 1 heterocycles. The fraction of sp³-hybridized carbons (Fsp3) is 0.368. The smallest absolute Gasteiger partial charge is 0.326 e. The number of esters is 1. The van der Waals surface area contributed by atoms with Gasteiger partial charge in [-0.25, -0.2) is 0 Å². The molecule has 0 aromatic heterocycles. The molecule has 0 N–H and O–H groups in total. The van der Waals surface area contributed by atoms with Gasteiger partial charge in [0.15, 0.2) is 12.4 Å². The van der Waals surface area contributed by atoms with Crippen molar-refractivity contribution < 1.29 is 23.9 Å². The van der Waals surface area contributed by atoms with E-state index in [1.807, 2.05) is 12.2 Å². The van der Waals surface area contributed by atoms with Crippen LogP contribution < -0.4 is 0 Å². The van der Waals surface area contributed by atoms with E-state index in [4.69, 9.17) is 16.3 Å². The van der Waals surface area contributed by atoms with Crippen molar-refractivity contribution in [1.29, 1.82) is 0 Å². The van der Waals surface area contributed by atoms with E-state index < -0.39 is 19.1 Å². The largest absolute Gasteiger partial charge is 0.456 e. The van der Waals surface area contributed by atoms with Crippen LogP contribution in [0.25, 0.3) is 0 Å². The number of carbonyl (C=O) groups excluding carboxylic acids is 4. The number of allylic oxidation sites excluding steroid dienone is 2. The van der Waals surface area contributed by atoms with Gasteiger partial charge >= 0.3 is 5.97 Å². The molecule has 0 unspecified atom stereocenters. The predicted molar refractivity (Wildman–Crippen MR) is 91.2 cm³/mol. The first-order valence-electron chi connectivity index (χ1n) is 8.43. The number of hydrogen-bond donors (Lipinski definition) is 0. The molecule has 1 aliphatic heterocycles. The molecule has 2 aliphatic carbocycles. The van der Waals surface area contributed by atoms with Crippen molar-refractivity contribution in [3.8, 4) is 0 Å². The molecule has 7 heteroatoms. The van der Waals surface area contributed by atoms with Gasteiger partial charge < -0.3 is 4.74 Å². The number of halogens is 1. The van der Waals surface area contributed by atoms with E-state index in [1.54, 1.807) is 12.1 Å². The van der Waals surface area contributed by atoms with Crippen molar-refractivity contribution in [1.82, 2.24) is 4.90 Å². The van der Waals surface area contributed by atoms with E-state index in [0.717, 1.165) is 11.3 Å². The molecule has 0 spiro atoms. The van der Waals surface area contributed by atoms with Crippen LogP contribution in [0.1, 0.15) is 16.8 Å². The molecule has 1 saturated carbocycles. The Hall–Kier alpha value is -2.47. The molecule has 3 aliphatic rings. The standard InChI is InChI=1S/C19H16ClNO5/c20-13-5-3-10(4-6-13)14(22)9-26-15(23)8-21-18(24)16-11-1-2-12(7-11)17(16)19(21)25/h1-6,11-12,16-17H,7-9H2/t11-,12+,16-,17+. The van der Waals surface area contributed by atoms with Crippen LogP contribution in [0.2, 0.25) is 5.02 Å². The number of ketones is 1. The highest BCUT2D eigenvalue weighted by Crippen LogP contribution is 2.52. The average molecular weight is 374 g/mol. The number of fused-ring (bicyclic) bond motifs is 5. The van der Waals surface area contributed by atoms with Crippen molar-refractivity contribution in [3.63, 3.8) is 0 Å². The van der Waals surface area contributed by atoms with Crippen LogP contribution in [0, 0.1) is 23.7 Å². The highest BCUT2D eigenvalue weighted by molar-refractivity contribution is 6.30. The van der Waals surface area contributed by atoms with Crippen molar-refractivity contribution in [3.05, 3.63) is 47.0 Å². The van der Waals surface area contributed by atoms with Gasteiger partial charge in [-0.05, 0) is 42.5 Å². The molecule has 2 fully saturated rings. The lowest BCUT2D eigenvalue weighted by Gasteiger charge is -2.16. The monoisotopic (exact) mass is 373 g/mol. The van der Waals surface area contributed by atoms with Crippen molar-refractivity contribution >= 4 is 35.2 Å². The van der Waals surface area contributed by atoms with Gasteiger partial charge in [-0.1, -0.05) is 23.8 Å². The lowest BCUT2D eigenvalue weighted by Crippen LogP contribution is -2.38. The molecule has 1 saturated heterocycles. The number of Topliss-reactive ketones (excluding diaryl/α,β-unsaturated/α-hetero) is 1. The van der Waals surface area contributed by atoms with Gasteiger partial charge in [0.1, 0.15) is 6.54 Å². The van der Waals surface area contributed by atoms with Gasteiger partial charge in [-0.15, -0.1) is 0 Å². The van der Waals surface area contributed by atoms with E-state index in [2.05, 4.69) is 0 Å². The van der Waals surface area contributed by atoms with Crippen molar-refractivity contribution in [2.45, 2.75) is 6.42 Å². The third-order valence-corrected chi connectivity index (χ3v) is 5.63. The predicted octanol–water partition coefficient (Wildman–Crippen LogP) is 1.87. The molecule has 4 rings (SSSR count). The Morgan fingerprint density at radius 3 is 2.19 bits per heavy atom. The fourth-order valence-electron chi connectivity index (χ4n) is 4.16. The van der Waals surface area contributed by atoms with Crippen LogP contribution in [0.15, 0.2) is 36.4 Å². The molecule has 134 valence electrons. The molecule has 2 amide bonds. The van der Waals surface area contributed by atoms with E-state index in [0.29, 0.717) is 10.6 Å². The highest BCUT2D eigenvalue weighted by Gasteiger charge is 2.59. The number of amides is 2. The molecular weight excluding hydrogens is 358 g/mol. The van der Waals surface area contributed by atoms with Crippen LogP contribution in [0.5, 0.6) is 0 Å². The van der Waals surface area contributed by atoms with Gasteiger partial charge in [0.2, 0.25) is 11.8 Å². The molecular formula is C19H16ClNO5. The minimum absolute atomic E-state index is 0.0916. The zero-order valence-electron chi connectivity index (χ0n) is 13.8. The summed E-state index contributed by atoms with van der Waals surface area (Å²) < 4.78 is 4.96. The van der Waals surface area contributed by atoms with E-state index in [9.17, 15) is 19.2 Å². The molecule has 26 heavy (non-hydrogen) atoms. The normalized spacial score (nSPS) is 28.6. The number of imide groups is 1. The Kier molecular flexibility index (Phi) is 4.15. The van der Waals surface area contributed by atoms with Gasteiger partial charge in [0, 0.05) is 10.6 Å². The zero-order valence-corrected chi connectivity index (χ0v) is 14.5. The Balaban J connectivity index is 1.34. The van der Waals surface area contributed by atoms with E-state index in [-0.39, 0.29) is 41.3 Å². The summed E-state index contributed by atoms with van der Waals surface area (Å²) in [7, 11) is 0. The van der Waals surface area contributed by atoms with Gasteiger partial charge in [-0.3, -0.25) is 24.1 Å². The SMILES string of the molecule is O=C(CN1C(=O)[C@@H]2[C@H](C1=O)[C@@H]1C=C[C@H]2C1)OCC(=O)c1ccc(Cl)cc1. The Morgan fingerprint density at radius 1 is 1.04 bits per heavy atom. The zero-order chi connectivity index (χ0) is 18.4. The first kappa shape index (κ1) is 17.0. The molecule has 2 bridgehead atoms. The molecule has 0 radical (unpaired) electrons. The maximum atomic E-state index is 12.5. The van der Waals surface area contributed by atoms with Crippen LogP contribution in [0.4, 0.5) is 0 Å². The summed E-state index contributed by atoms with van der Waals surface area (Å²) in [6.07, 6.45) is 4.81. The molecule has 1 aromatic carbocycles. The molecule has 6 nitrogen and oxygen atoms in total. The Morgan fingerprint density at radius 2 is 1.62 bits per heavy atom. The topological polar surface area (TPSA) is 80.8 Å². The first-order chi connectivity index (χ1) is 12.5. The van der Waals surface area contributed by atoms with E-state index in [1.165, 1.54) is 12.1 Å². The summed E-state index contributed by atoms with van der Waals surface area (Å²) in [6, 6.07) is 6.21. The lowest BCUT2D eigenvalue weighted by atomic mass is 9.85. The molecule has 4 atom stereocenters. The number of benzene rings is 1. The maximum absolute atomic E-state index is 12.5. The van der Waals surface area contributed by atoms with E-state index >= 15 is 0 Å². The number of hydrogen-bond acceptors (Lipinski definition) is 5. The minimum Gasteiger partial charge on any atom is -0.456 e. The second-order valence-electron chi connectivity index (χ2n) is 6.85. The Labute approximate surface area is 154 Å². The highest BCUT2D eigenvalue weighted by atomic mass is 35.5. The Bertz CT molecular complexity index is 801. The van der Waals surface area contributed by atoms with Crippen molar-refractivity contribution in [2.75, 3.05) is 13.2 Å². The summed E-state index contributed by atoms with van der Waals surface area (Å²) in [5.74, 6) is -2.27. The third-order valence-electron chi connectivity index (χ3n) is 5.38. The summed E-state index contributed by atoms with van der Waals surface area (Å²) >= 11 is 5.76. The van der Waals surface area contributed by atoms with Crippen LogP contribution in [0.3, 0.4) is 0 Å². The number of nitrogens with zero attached hydrogens (tertiary/aromatic N) is 1. The maximum Gasteiger partial charge on any atom is 0.326 e. The van der Waals surface area contributed by atoms with Crippen LogP contribution in [-0.4, -0.2) is 41.6 Å². The second kappa shape index (κ2) is 6.36. The number of carbonyl (C=O) groups is 4. The summed E-state index contributed by atoms with van der Waals surface area (Å²) in [6.45, 7) is -0.894. The molecule has 1 aromatic rings. The summed E-state index contributed by atoms with van der Waals surface area (Å²) in [4.78, 5) is 50.0. The average Bonchev–Trinajstić information content (AvgIpc) is 3.30. The van der Waals surface area contributed by atoms with Gasteiger partial charge in [-0.2, -0.15) is 0 Å².